The summed E-state index contributed by atoms with van der Waals surface area (Å²) in [5, 5.41) is 9.51. The lowest BCUT2D eigenvalue weighted by Gasteiger charge is -2.47. The third-order valence-corrected chi connectivity index (χ3v) is 8.10. The van der Waals surface area contributed by atoms with Gasteiger partial charge in [-0.1, -0.05) is 31.2 Å². The fourth-order valence-electron chi connectivity index (χ4n) is 6.43. The third-order valence-electron chi connectivity index (χ3n) is 8.10. The number of hydrogen-bond acceptors (Lipinski definition) is 5. The molecule has 4 heterocycles. The molecule has 1 aromatic carbocycles. The van der Waals surface area contributed by atoms with Crippen LogP contribution in [0.25, 0.3) is 22.0 Å². The number of aromatic amines is 2. The SMILES string of the molecule is [2H]C([2H])([2H])OC1CC(c2ccccc2-c2c(CN3CCC[C@H](C)C3)[nH]c3c(=O)[nH]ccc23)(c2nncn2C)C1. The molecule has 4 aromatic rings. The molecule has 2 fully saturated rings. The number of aryl methyl sites for hydroxylation is 1. The van der Waals surface area contributed by atoms with Crippen LogP contribution < -0.4 is 5.56 Å². The fourth-order valence-corrected chi connectivity index (χ4v) is 6.43. The number of H-pyrrole nitrogens is 2. The fraction of sp³-hybridized carbons (Fsp3) is 0.464. The Morgan fingerprint density at radius 2 is 2.14 bits per heavy atom. The van der Waals surface area contributed by atoms with Gasteiger partial charge in [0.1, 0.15) is 17.7 Å². The van der Waals surface area contributed by atoms with E-state index in [0.29, 0.717) is 30.8 Å². The van der Waals surface area contributed by atoms with Crippen molar-refractivity contribution in [3.63, 3.8) is 0 Å². The van der Waals surface area contributed by atoms with Crippen molar-refractivity contribution in [3.05, 3.63) is 70.3 Å². The first-order valence-corrected chi connectivity index (χ1v) is 12.7. The molecule has 1 saturated heterocycles. The van der Waals surface area contributed by atoms with Gasteiger partial charge in [0.25, 0.3) is 5.56 Å². The van der Waals surface area contributed by atoms with E-state index in [4.69, 9.17) is 8.85 Å². The molecule has 2 N–H and O–H groups in total. The van der Waals surface area contributed by atoms with Gasteiger partial charge in [-0.3, -0.25) is 9.69 Å². The molecule has 8 nitrogen and oxygen atoms in total. The molecule has 36 heavy (non-hydrogen) atoms. The van der Waals surface area contributed by atoms with Gasteiger partial charge in [0.2, 0.25) is 0 Å². The van der Waals surface area contributed by atoms with Crippen molar-refractivity contribution in [3.8, 4) is 11.1 Å². The largest absolute Gasteiger partial charge is 0.381 e. The van der Waals surface area contributed by atoms with E-state index in [1.54, 1.807) is 12.5 Å². The number of pyridine rings is 1. The summed E-state index contributed by atoms with van der Waals surface area (Å²) in [7, 11) is -0.557. The van der Waals surface area contributed by atoms with E-state index in [1.165, 1.54) is 6.42 Å². The summed E-state index contributed by atoms with van der Waals surface area (Å²) < 4.78 is 30.2. The second-order valence-corrected chi connectivity index (χ2v) is 10.6. The molecular weight excluding hydrogens is 452 g/mol. The van der Waals surface area contributed by atoms with Gasteiger partial charge in [0, 0.05) is 50.0 Å². The molecule has 188 valence electrons. The Labute approximate surface area is 214 Å². The average molecular weight is 490 g/mol. The van der Waals surface area contributed by atoms with Gasteiger partial charge < -0.3 is 19.3 Å². The van der Waals surface area contributed by atoms with E-state index in [2.05, 4.69) is 44.1 Å². The van der Waals surface area contributed by atoms with E-state index in [-0.39, 0.29) is 5.56 Å². The smallest absolute Gasteiger partial charge is 0.272 e. The van der Waals surface area contributed by atoms with Crippen molar-refractivity contribution in [2.24, 2.45) is 13.0 Å². The molecule has 0 spiro atoms. The van der Waals surface area contributed by atoms with Crippen molar-refractivity contribution in [1.82, 2.24) is 29.6 Å². The zero-order chi connectivity index (χ0) is 27.4. The predicted molar refractivity (Wildman–Crippen MR) is 140 cm³/mol. The van der Waals surface area contributed by atoms with E-state index < -0.39 is 18.6 Å². The third kappa shape index (κ3) is 3.71. The number of nitrogens with zero attached hydrogens (tertiary/aromatic N) is 4. The summed E-state index contributed by atoms with van der Waals surface area (Å²) in [6, 6.07) is 10.2. The van der Waals surface area contributed by atoms with Crippen molar-refractivity contribution in [2.75, 3.05) is 20.1 Å². The van der Waals surface area contributed by atoms with Gasteiger partial charge in [-0.2, -0.15) is 0 Å². The first-order valence-electron chi connectivity index (χ1n) is 14.2. The number of piperidine rings is 1. The highest BCUT2D eigenvalue weighted by Gasteiger charge is 2.51. The lowest BCUT2D eigenvalue weighted by atomic mass is 9.60. The molecule has 1 atom stereocenters. The number of benzene rings is 1. The second-order valence-electron chi connectivity index (χ2n) is 10.6. The van der Waals surface area contributed by atoms with Crippen LogP contribution in [0.15, 0.2) is 47.7 Å². The van der Waals surface area contributed by atoms with E-state index in [1.807, 2.05) is 29.8 Å². The molecule has 6 rings (SSSR count). The van der Waals surface area contributed by atoms with Gasteiger partial charge in [0.05, 0.1) is 15.6 Å². The normalized spacial score (nSPS) is 26.3. The van der Waals surface area contributed by atoms with Gasteiger partial charge in [0.15, 0.2) is 0 Å². The Morgan fingerprint density at radius 1 is 1.28 bits per heavy atom. The minimum absolute atomic E-state index is 0.151. The number of ether oxygens (including phenoxy) is 1. The van der Waals surface area contributed by atoms with Crippen LogP contribution in [0.1, 0.15) is 53.8 Å². The summed E-state index contributed by atoms with van der Waals surface area (Å²) in [5.41, 5.74) is 3.87. The molecule has 1 aliphatic heterocycles. The number of methoxy groups -OCH3 is 1. The molecule has 0 radical (unpaired) electrons. The number of nitrogens with one attached hydrogen (secondary N) is 2. The zero-order valence-corrected chi connectivity index (χ0v) is 20.8. The maximum Gasteiger partial charge on any atom is 0.272 e. The molecule has 2 aliphatic rings. The Bertz CT molecular complexity index is 1550. The molecule has 0 amide bonds. The van der Waals surface area contributed by atoms with Gasteiger partial charge in [-0.15, -0.1) is 10.2 Å². The van der Waals surface area contributed by atoms with Crippen LogP contribution in [0.3, 0.4) is 0 Å². The second kappa shape index (κ2) is 9.01. The Morgan fingerprint density at radius 3 is 2.92 bits per heavy atom. The standard InChI is InChI=1S/C28H34N6O2/c1-18-7-6-12-34(15-18)16-23-24(21-10-11-29-26(35)25(21)31-23)20-8-4-5-9-22(20)28(13-19(14-28)36-3)27-32-30-17-33(27)2/h4-5,8-11,17-19,31H,6-7,12-16H2,1-3H3,(H,29,35)/t18-,19?,28?/m0/s1/i3D3. The molecule has 3 aromatic heterocycles. The lowest BCUT2D eigenvalue weighted by molar-refractivity contribution is -0.00677. The summed E-state index contributed by atoms with van der Waals surface area (Å²) in [5.74, 6) is 1.40. The number of fused-ring (bicyclic) bond motifs is 1. The van der Waals surface area contributed by atoms with E-state index in [9.17, 15) is 4.79 Å². The Balaban J connectivity index is 1.51. The van der Waals surface area contributed by atoms with Crippen LogP contribution in [-0.4, -0.2) is 55.9 Å². The number of aromatic nitrogens is 5. The molecule has 0 bridgehead atoms. The number of likely N-dealkylation sites (tertiary alicyclic amines) is 1. The first kappa shape index (κ1) is 19.9. The summed E-state index contributed by atoms with van der Waals surface area (Å²) >= 11 is 0. The van der Waals surface area contributed by atoms with Crippen LogP contribution in [-0.2, 0) is 23.7 Å². The van der Waals surface area contributed by atoms with Crippen LogP contribution in [0, 0.1) is 5.92 Å². The van der Waals surface area contributed by atoms with Gasteiger partial charge in [-0.05, 0) is 55.3 Å². The molecule has 8 heteroatoms. The van der Waals surface area contributed by atoms with Crippen molar-refractivity contribution >= 4 is 10.9 Å². The Hall–Kier alpha value is -3.23. The van der Waals surface area contributed by atoms with Crippen LogP contribution >= 0.6 is 0 Å². The van der Waals surface area contributed by atoms with Crippen LogP contribution in [0.2, 0.25) is 0 Å². The maximum atomic E-state index is 12.9. The van der Waals surface area contributed by atoms with E-state index in [0.717, 1.165) is 53.1 Å². The maximum absolute atomic E-state index is 12.9. The number of rotatable bonds is 6. The lowest BCUT2D eigenvalue weighted by Crippen LogP contribution is -2.48. The molecular formula is C28H34N6O2. The molecule has 1 saturated carbocycles. The minimum Gasteiger partial charge on any atom is -0.381 e. The van der Waals surface area contributed by atoms with Gasteiger partial charge >= 0.3 is 0 Å². The van der Waals surface area contributed by atoms with Crippen molar-refractivity contribution in [1.29, 1.82) is 0 Å². The Kier molecular flexibility index (Phi) is 4.98. The average Bonchev–Trinajstić information content (AvgIpc) is 3.45. The highest BCUT2D eigenvalue weighted by atomic mass is 16.5. The van der Waals surface area contributed by atoms with Crippen LogP contribution in [0.4, 0.5) is 0 Å². The monoisotopic (exact) mass is 489 g/mol. The summed E-state index contributed by atoms with van der Waals surface area (Å²) in [6.45, 7) is 5.04. The van der Waals surface area contributed by atoms with E-state index >= 15 is 0 Å². The molecule has 1 aliphatic carbocycles. The van der Waals surface area contributed by atoms with Crippen molar-refractivity contribution in [2.45, 2.75) is 50.7 Å². The quantitative estimate of drug-likeness (QED) is 0.428. The minimum atomic E-state index is -2.47. The summed E-state index contributed by atoms with van der Waals surface area (Å²) in [4.78, 5) is 21.6. The predicted octanol–water partition coefficient (Wildman–Crippen LogP) is 3.98. The van der Waals surface area contributed by atoms with Crippen LogP contribution in [0.5, 0.6) is 0 Å². The number of hydrogen-bond donors (Lipinski definition) is 2. The highest BCUT2D eigenvalue weighted by Crippen LogP contribution is 2.52. The zero-order valence-electron chi connectivity index (χ0n) is 23.8. The molecule has 0 unspecified atom stereocenters. The highest BCUT2D eigenvalue weighted by molar-refractivity contribution is 5.98. The van der Waals surface area contributed by atoms with Crippen molar-refractivity contribution < 1.29 is 8.85 Å². The topological polar surface area (TPSA) is 91.8 Å². The first-order chi connectivity index (χ1) is 18.6. The van der Waals surface area contributed by atoms with Gasteiger partial charge in [-0.25, -0.2) is 0 Å². The summed E-state index contributed by atoms with van der Waals surface area (Å²) in [6.07, 6.45) is 6.27.